The molecule has 0 unspecified atom stereocenters. The lowest BCUT2D eigenvalue weighted by atomic mass is 10.0. The topological polar surface area (TPSA) is 62.3 Å². The first-order chi connectivity index (χ1) is 14.4. The van der Waals surface area contributed by atoms with E-state index >= 15 is 0 Å². The summed E-state index contributed by atoms with van der Waals surface area (Å²) in [4.78, 5) is 32.4. The predicted molar refractivity (Wildman–Crippen MR) is 125 cm³/mol. The number of amides is 2. The van der Waals surface area contributed by atoms with Crippen molar-refractivity contribution in [2.24, 2.45) is 5.92 Å². The Balaban J connectivity index is 2.00. The summed E-state index contributed by atoms with van der Waals surface area (Å²) >= 11 is 1.43. The predicted octanol–water partition coefficient (Wildman–Crippen LogP) is 5.70. The highest BCUT2D eigenvalue weighted by Gasteiger charge is 2.20. The van der Waals surface area contributed by atoms with Crippen LogP contribution >= 0.6 is 11.3 Å². The lowest BCUT2D eigenvalue weighted by Crippen LogP contribution is -2.39. The highest BCUT2D eigenvalue weighted by atomic mass is 32.1. The molecule has 6 heteroatoms. The fourth-order valence-electron chi connectivity index (χ4n) is 3.16. The number of benzene rings is 1. The second-order valence-corrected chi connectivity index (χ2v) is 9.48. The normalized spacial score (nSPS) is 11.0. The van der Waals surface area contributed by atoms with Crippen molar-refractivity contribution >= 4 is 28.3 Å². The number of rotatable bonds is 12. The Morgan fingerprint density at radius 3 is 2.47 bits per heavy atom. The summed E-state index contributed by atoms with van der Waals surface area (Å²) in [6.07, 6.45) is 8.54. The Kier molecular flexibility index (Phi) is 10.0. The molecule has 0 saturated heterocycles. The van der Waals surface area contributed by atoms with Crippen LogP contribution in [0, 0.1) is 12.8 Å². The molecule has 1 aromatic heterocycles. The summed E-state index contributed by atoms with van der Waals surface area (Å²) in [5, 5.41) is 3.37. The SMILES string of the molecule is CCCCCCc1ccc(C(=O)N(CCC(C)C)CC(=O)Nc2ncc(C)s2)cc1. The third-order valence-electron chi connectivity index (χ3n) is 4.99. The molecule has 2 rings (SSSR count). The van der Waals surface area contributed by atoms with E-state index in [9.17, 15) is 9.59 Å². The third-order valence-corrected chi connectivity index (χ3v) is 5.81. The van der Waals surface area contributed by atoms with Crippen LogP contribution in [0.1, 0.15) is 73.7 Å². The first kappa shape index (κ1) is 24.1. The first-order valence-electron chi connectivity index (χ1n) is 11.0. The van der Waals surface area contributed by atoms with Crippen LogP contribution in [-0.4, -0.2) is 34.8 Å². The molecule has 1 aromatic carbocycles. The zero-order chi connectivity index (χ0) is 21.9. The molecule has 0 aliphatic heterocycles. The van der Waals surface area contributed by atoms with Gasteiger partial charge in [0.25, 0.3) is 5.91 Å². The Bertz CT molecular complexity index is 799. The van der Waals surface area contributed by atoms with Crippen LogP contribution in [0.3, 0.4) is 0 Å². The van der Waals surface area contributed by atoms with Crippen molar-refractivity contribution < 1.29 is 9.59 Å². The second kappa shape index (κ2) is 12.5. The van der Waals surface area contributed by atoms with Crippen molar-refractivity contribution in [2.75, 3.05) is 18.4 Å². The Hall–Kier alpha value is -2.21. The van der Waals surface area contributed by atoms with Gasteiger partial charge in [-0.25, -0.2) is 4.98 Å². The van der Waals surface area contributed by atoms with Crippen molar-refractivity contribution in [3.05, 3.63) is 46.5 Å². The molecule has 0 spiro atoms. The number of aromatic nitrogens is 1. The van der Waals surface area contributed by atoms with Crippen LogP contribution in [0.4, 0.5) is 5.13 Å². The lowest BCUT2D eigenvalue weighted by molar-refractivity contribution is -0.116. The maximum Gasteiger partial charge on any atom is 0.254 e. The zero-order valence-electron chi connectivity index (χ0n) is 18.7. The molecule has 5 nitrogen and oxygen atoms in total. The molecule has 1 heterocycles. The van der Waals surface area contributed by atoms with E-state index < -0.39 is 0 Å². The molecule has 0 aliphatic carbocycles. The number of aryl methyl sites for hydroxylation is 2. The lowest BCUT2D eigenvalue weighted by Gasteiger charge is -2.23. The van der Waals surface area contributed by atoms with Crippen LogP contribution in [0.25, 0.3) is 0 Å². The molecule has 0 atom stereocenters. The number of hydrogen-bond donors (Lipinski definition) is 1. The van der Waals surface area contributed by atoms with Gasteiger partial charge >= 0.3 is 0 Å². The molecule has 2 aromatic rings. The number of thiazole rings is 1. The highest BCUT2D eigenvalue weighted by Crippen LogP contribution is 2.17. The minimum Gasteiger partial charge on any atom is -0.329 e. The van der Waals surface area contributed by atoms with E-state index in [0.717, 1.165) is 17.7 Å². The standard InChI is InChI=1S/C24H35N3O2S/c1-5-6-7-8-9-20-10-12-21(13-11-20)23(29)27(15-14-18(2)3)17-22(28)26-24-25-16-19(4)30-24/h10-13,16,18H,5-9,14-15,17H2,1-4H3,(H,25,26,28). The van der Waals surface area contributed by atoms with Gasteiger partial charge < -0.3 is 10.2 Å². The largest absolute Gasteiger partial charge is 0.329 e. The summed E-state index contributed by atoms with van der Waals surface area (Å²) in [6, 6.07) is 7.86. The summed E-state index contributed by atoms with van der Waals surface area (Å²) < 4.78 is 0. The number of carbonyl (C=O) groups is 2. The number of hydrogen-bond acceptors (Lipinski definition) is 4. The van der Waals surface area contributed by atoms with Gasteiger partial charge in [-0.15, -0.1) is 11.3 Å². The van der Waals surface area contributed by atoms with Gasteiger partial charge in [0.05, 0.1) is 0 Å². The molecule has 0 radical (unpaired) electrons. The van der Waals surface area contributed by atoms with Crippen molar-refractivity contribution in [3.8, 4) is 0 Å². The average Bonchev–Trinajstić information content (AvgIpc) is 3.12. The van der Waals surface area contributed by atoms with Crippen LogP contribution in [0.15, 0.2) is 30.5 Å². The van der Waals surface area contributed by atoms with E-state index in [1.54, 1.807) is 11.1 Å². The smallest absolute Gasteiger partial charge is 0.254 e. The fraction of sp³-hybridized carbons (Fsp3) is 0.542. The van der Waals surface area contributed by atoms with Crippen molar-refractivity contribution in [1.82, 2.24) is 9.88 Å². The molecule has 164 valence electrons. The average molecular weight is 430 g/mol. The van der Waals surface area contributed by atoms with Gasteiger partial charge in [0.15, 0.2) is 5.13 Å². The highest BCUT2D eigenvalue weighted by molar-refractivity contribution is 7.15. The minimum absolute atomic E-state index is 0.0307. The Labute approximate surface area is 184 Å². The Morgan fingerprint density at radius 1 is 1.13 bits per heavy atom. The van der Waals surface area contributed by atoms with Crippen molar-refractivity contribution in [1.29, 1.82) is 0 Å². The van der Waals surface area contributed by atoms with Gasteiger partial charge in [0, 0.05) is 23.2 Å². The van der Waals surface area contributed by atoms with Gasteiger partial charge in [0.1, 0.15) is 6.54 Å². The van der Waals surface area contributed by atoms with Crippen LogP contribution in [0.5, 0.6) is 0 Å². The molecule has 0 saturated carbocycles. The van der Waals surface area contributed by atoms with Crippen molar-refractivity contribution in [3.63, 3.8) is 0 Å². The number of unbranched alkanes of at least 4 members (excludes halogenated alkanes) is 3. The van der Waals surface area contributed by atoms with Gasteiger partial charge in [-0.3, -0.25) is 9.59 Å². The molecule has 0 bridgehead atoms. The Morgan fingerprint density at radius 2 is 1.87 bits per heavy atom. The summed E-state index contributed by atoms with van der Waals surface area (Å²) in [7, 11) is 0. The van der Waals surface area contributed by atoms with Crippen molar-refractivity contribution in [2.45, 2.75) is 66.2 Å². The van der Waals surface area contributed by atoms with Crippen LogP contribution in [0.2, 0.25) is 0 Å². The van der Waals surface area contributed by atoms with E-state index in [0.29, 0.717) is 23.2 Å². The fourth-order valence-corrected chi connectivity index (χ4v) is 3.84. The van der Waals surface area contributed by atoms with Gasteiger partial charge in [-0.1, -0.05) is 52.2 Å². The number of nitrogens with zero attached hydrogens (tertiary/aromatic N) is 2. The van der Waals surface area contributed by atoms with Gasteiger partial charge in [-0.05, 0) is 49.8 Å². The number of nitrogens with one attached hydrogen (secondary N) is 1. The van der Waals surface area contributed by atoms with Crippen LogP contribution < -0.4 is 5.32 Å². The van der Waals surface area contributed by atoms with Gasteiger partial charge in [0.2, 0.25) is 5.91 Å². The summed E-state index contributed by atoms with van der Waals surface area (Å²) in [6.45, 7) is 8.98. The molecular weight excluding hydrogens is 394 g/mol. The molecule has 1 N–H and O–H groups in total. The summed E-state index contributed by atoms with van der Waals surface area (Å²) in [5.41, 5.74) is 1.89. The minimum atomic E-state index is -0.214. The maximum absolute atomic E-state index is 13.1. The maximum atomic E-state index is 13.1. The first-order valence-corrected chi connectivity index (χ1v) is 11.8. The molecule has 30 heavy (non-hydrogen) atoms. The zero-order valence-corrected chi connectivity index (χ0v) is 19.6. The van der Waals surface area contributed by atoms with E-state index in [4.69, 9.17) is 0 Å². The van der Waals surface area contributed by atoms with Crippen LogP contribution in [-0.2, 0) is 11.2 Å². The summed E-state index contributed by atoms with van der Waals surface area (Å²) in [5.74, 6) is 0.142. The number of anilines is 1. The molecular formula is C24H35N3O2S. The molecule has 2 amide bonds. The third kappa shape index (κ3) is 8.27. The monoisotopic (exact) mass is 429 g/mol. The van der Waals surface area contributed by atoms with Gasteiger partial charge in [-0.2, -0.15) is 0 Å². The second-order valence-electron chi connectivity index (χ2n) is 8.24. The quantitative estimate of drug-likeness (QED) is 0.440. The van der Waals surface area contributed by atoms with E-state index in [1.165, 1.54) is 42.6 Å². The van der Waals surface area contributed by atoms with E-state index in [2.05, 4.69) is 31.1 Å². The molecule has 0 aliphatic rings. The molecule has 0 fully saturated rings. The van der Waals surface area contributed by atoms with E-state index in [1.807, 2.05) is 31.2 Å². The van der Waals surface area contributed by atoms with E-state index in [-0.39, 0.29) is 18.4 Å². The number of carbonyl (C=O) groups excluding carboxylic acids is 2.